The van der Waals surface area contributed by atoms with Crippen LogP contribution in [-0.4, -0.2) is 7.05 Å². The van der Waals surface area contributed by atoms with Crippen molar-refractivity contribution in [2.75, 3.05) is 7.05 Å². The number of nitrogens with one attached hydrogen (secondary N) is 1. The lowest BCUT2D eigenvalue weighted by molar-refractivity contribution is 0.592. The van der Waals surface area contributed by atoms with Crippen LogP contribution in [0.25, 0.3) is 0 Å². The molecule has 1 aliphatic rings. The Labute approximate surface area is 116 Å². The molecule has 0 fully saturated rings. The van der Waals surface area contributed by atoms with Crippen molar-refractivity contribution < 1.29 is 0 Å². The minimum absolute atomic E-state index is 0.307. The molecule has 1 aromatic carbocycles. The molecule has 3 heteroatoms. The van der Waals surface area contributed by atoms with Gasteiger partial charge in [-0.1, -0.05) is 45.2 Å². The summed E-state index contributed by atoms with van der Waals surface area (Å²) < 4.78 is 1.08. The molecule has 92 valence electrons. The average Bonchev–Trinajstić information content (AvgIpc) is 2.34. The molecule has 0 saturated carbocycles. The lowest BCUT2D eigenvalue weighted by atomic mass is 9.90. The van der Waals surface area contributed by atoms with E-state index in [0.29, 0.717) is 6.04 Å². The van der Waals surface area contributed by atoms with Crippen molar-refractivity contribution in [3.8, 4) is 0 Å². The van der Waals surface area contributed by atoms with Crippen LogP contribution in [0.5, 0.6) is 0 Å². The zero-order valence-electron chi connectivity index (χ0n) is 9.97. The van der Waals surface area contributed by atoms with E-state index in [1.165, 1.54) is 36.8 Å². The Morgan fingerprint density at radius 3 is 2.76 bits per heavy atom. The molecule has 0 bridgehead atoms. The van der Waals surface area contributed by atoms with Gasteiger partial charge in [0.25, 0.3) is 0 Å². The predicted octanol–water partition coefficient (Wildman–Crippen LogP) is 4.86. The monoisotopic (exact) mass is 313 g/mol. The van der Waals surface area contributed by atoms with Crippen molar-refractivity contribution in [2.24, 2.45) is 0 Å². The molecule has 0 radical (unpaired) electrons. The van der Waals surface area contributed by atoms with E-state index in [2.05, 4.69) is 33.4 Å². The molecule has 0 aliphatic heterocycles. The number of halogens is 2. The summed E-state index contributed by atoms with van der Waals surface area (Å²) in [5.41, 5.74) is 2.77. The van der Waals surface area contributed by atoms with Crippen molar-refractivity contribution in [3.05, 3.63) is 44.9 Å². The number of allylic oxidation sites excluding steroid dienone is 1. The Kier molecular flexibility index (Phi) is 4.66. The fourth-order valence-electron chi connectivity index (χ4n) is 2.40. The zero-order chi connectivity index (χ0) is 12.3. The highest BCUT2D eigenvalue weighted by atomic mass is 79.9. The second-order valence-electron chi connectivity index (χ2n) is 4.41. The third-order valence-corrected chi connectivity index (χ3v) is 4.18. The van der Waals surface area contributed by atoms with Gasteiger partial charge in [-0.3, -0.25) is 0 Å². The standard InChI is InChI=1S/C14H17BrClN/c1-17-14(10-5-3-2-4-6-10)12-8-7-11(16)9-13(12)15/h5,7-9,14,17H,2-4,6H2,1H3. The van der Waals surface area contributed by atoms with Gasteiger partial charge in [0.15, 0.2) is 0 Å². The molecule has 0 saturated heterocycles. The minimum atomic E-state index is 0.307. The van der Waals surface area contributed by atoms with Crippen LogP contribution in [0.3, 0.4) is 0 Å². The maximum atomic E-state index is 5.99. The third-order valence-electron chi connectivity index (χ3n) is 3.26. The molecule has 1 aliphatic carbocycles. The van der Waals surface area contributed by atoms with E-state index in [4.69, 9.17) is 11.6 Å². The summed E-state index contributed by atoms with van der Waals surface area (Å²) in [6, 6.07) is 6.32. The summed E-state index contributed by atoms with van der Waals surface area (Å²) in [5.74, 6) is 0. The summed E-state index contributed by atoms with van der Waals surface area (Å²) >= 11 is 9.59. The highest BCUT2D eigenvalue weighted by Gasteiger charge is 2.18. The van der Waals surface area contributed by atoms with Gasteiger partial charge in [0.2, 0.25) is 0 Å². The predicted molar refractivity (Wildman–Crippen MR) is 77.5 cm³/mol. The second-order valence-corrected chi connectivity index (χ2v) is 5.70. The highest BCUT2D eigenvalue weighted by molar-refractivity contribution is 9.10. The van der Waals surface area contributed by atoms with Crippen LogP contribution < -0.4 is 5.32 Å². The Morgan fingerprint density at radius 1 is 1.35 bits per heavy atom. The molecular formula is C14H17BrClN. The zero-order valence-corrected chi connectivity index (χ0v) is 12.3. The fraction of sp³-hybridized carbons (Fsp3) is 0.429. The highest BCUT2D eigenvalue weighted by Crippen LogP contribution is 2.34. The number of likely N-dealkylation sites (N-methyl/N-ethyl adjacent to an activating group) is 1. The van der Waals surface area contributed by atoms with E-state index in [9.17, 15) is 0 Å². The van der Waals surface area contributed by atoms with Gasteiger partial charge in [0.1, 0.15) is 0 Å². The summed E-state index contributed by atoms with van der Waals surface area (Å²) in [4.78, 5) is 0. The van der Waals surface area contributed by atoms with Gasteiger partial charge in [-0.2, -0.15) is 0 Å². The SMILES string of the molecule is CNC(C1=CCCCC1)c1ccc(Cl)cc1Br. The molecule has 0 amide bonds. The fourth-order valence-corrected chi connectivity index (χ4v) is 3.31. The first-order valence-electron chi connectivity index (χ1n) is 6.03. The van der Waals surface area contributed by atoms with E-state index in [1.807, 2.05) is 19.2 Å². The van der Waals surface area contributed by atoms with Crippen LogP contribution in [0, 0.1) is 0 Å². The summed E-state index contributed by atoms with van der Waals surface area (Å²) in [5, 5.41) is 4.18. The van der Waals surface area contributed by atoms with E-state index >= 15 is 0 Å². The molecule has 0 aromatic heterocycles. The first-order valence-corrected chi connectivity index (χ1v) is 7.20. The Morgan fingerprint density at radius 2 is 2.18 bits per heavy atom. The van der Waals surface area contributed by atoms with Crippen LogP contribution in [0.2, 0.25) is 5.02 Å². The maximum Gasteiger partial charge on any atom is 0.0544 e. The number of rotatable bonds is 3. The topological polar surface area (TPSA) is 12.0 Å². The minimum Gasteiger partial charge on any atom is -0.310 e. The largest absolute Gasteiger partial charge is 0.310 e. The van der Waals surface area contributed by atoms with E-state index in [0.717, 1.165) is 9.50 Å². The number of hydrogen-bond acceptors (Lipinski definition) is 1. The normalized spacial score (nSPS) is 17.7. The molecule has 17 heavy (non-hydrogen) atoms. The van der Waals surface area contributed by atoms with Crippen LogP contribution >= 0.6 is 27.5 Å². The van der Waals surface area contributed by atoms with Gasteiger partial charge in [-0.25, -0.2) is 0 Å². The van der Waals surface area contributed by atoms with Gasteiger partial charge < -0.3 is 5.32 Å². The first-order chi connectivity index (χ1) is 8.22. The van der Waals surface area contributed by atoms with E-state index in [-0.39, 0.29) is 0 Å². The smallest absolute Gasteiger partial charge is 0.0544 e. The van der Waals surface area contributed by atoms with Crippen LogP contribution in [0.4, 0.5) is 0 Å². The van der Waals surface area contributed by atoms with E-state index in [1.54, 1.807) is 0 Å². The van der Waals surface area contributed by atoms with Crippen molar-refractivity contribution in [1.29, 1.82) is 0 Å². The first kappa shape index (κ1) is 13.1. The van der Waals surface area contributed by atoms with Crippen molar-refractivity contribution >= 4 is 27.5 Å². The lowest BCUT2D eigenvalue weighted by Gasteiger charge is -2.24. The third kappa shape index (κ3) is 3.12. The van der Waals surface area contributed by atoms with Gasteiger partial charge in [-0.05, 0) is 50.4 Å². The second kappa shape index (κ2) is 6.03. The maximum absolute atomic E-state index is 5.99. The molecule has 0 heterocycles. The number of benzene rings is 1. The van der Waals surface area contributed by atoms with Crippen molar-refractivity contribution in [1.82, 2.24) is 5.32 Å². The summed E-state index contributed by atoms with van der Waals surface area (Å²) in [6.45, 7) is 0. The summed E-state index contributed by atoms with van der Waals surface area (Å²) in [7, 11) is 2.02. The molecule has 1 nitrogen and oxygen atoms in total. The quantitative estimate of drug-likeness (QED) is 0.785. The summed E-state index contributed by atoms with van der Waals surface area (Å²) in [6.07, 6.45) is 7.40. The Hall–Kier alpha value is -0.310. The Balaban J connectivity index is 2.31. The molecule has 2 rings (SSSR count). The van der Waals surface area contributed by atoms with Gasteiger partial charge in [0, 0.05) is 9.50 Å². The lowest BCUT2D eigenvalue weighted by Crippen LogP contribution is -2.20. The Bertz CT molecular complexity index is 428. The molecule has 1 unspecified atom stereocenters. The average molecular weight is 315 g/mol. The van der Waals surface area contributed by atoms with Gasteiger partial charge in [-0.15, -0.1) is 0 Å². The van der Waals surface area contributed by atoms with E-state index < -0.39 is 0 Å². The van der Waals surface area contributed by atoms with Crippen molar-refractivity contribution in [2.45, 2.75) is 31.7 Å². The molecule has 1 aromatic rings. The number of hydrogen-bond donors (Lipinski definition) is 1. The van der Waals surface area contributed by atoms with Gasteiger partial charge >= 0.3 is 0 Å². The van der Waals surface area contributed by atoms with Crippen LogP contribution in [0.1, 0.15) is 37.3 Å². The van der Waals surface area contributed by atoms with Crippen LogP contribution in [-0.2, 0) is 0 Å². The molecule has 1 atom stereocenters. The van der Waals surface area contributed by atoms with Gasteiger partial charge in [0.05, 0.1) is 6.04 Å². The molecular weight excluding hydrogens is 298 g/mol. The van der Waals surface area contributed by atoms with Crippen LogP contribution in [0.15, 0.2) is 34.3 Å². The van der Waals surface area contributed by atoms with Crippen molar-refractivity contribution in [3.63, 3.8) is 0 Å². The molecule has 1 N–H and O–H groups in total. The molecule has 0 spiro atoms.